The fraction of sp³-hybridized carbons (Fsp3) is 0.278. The van der Waals surface area contributed by atoms with Crippen molar-refractivity contribution in [3.05, 3.63) is 59.9 Å². The molecule has 0 unspecified atom stereocenters. The summed E-state index contributed by atoms with van der Waals surface area (Å²) in [4.78, 5) is 13.7. The Morgan fingerprint density at radius 2 is 2.04 bits per heavy atom. The maximum Gasteiger partial charge on any atom is 0.322 e. The molecule has 2 N–H and O–H groups in total. The van der Waals surface area contributed by atoms with E-state index in [1.165, 1.54) is 17.0 Å². The zero-order valence-electron chi connectivity index (χ0n) is 13.1. The predicted molar refractivity (Wildman–Crippen MR) is 88.4 cm³/mol. The van der Waals surface area contributed by atoms with Crippen LogP contribution in [-0.2, 0) is 6.61 Å². The van der Waals surface area contributed by atoms with Crippen molar-refractivity contribution in [3.63, 3.8) is 0 Å². The molecule has 5 nitrogen and oxygen atoms in total. The van der Waals surface area contributed by atoms with Crippen LogP contribution in [0.25, 0.3) is 0 Å². The largest absolute Gasteiger partial charge is 0.487 e. The number of carbonyl (C=O) groups excluding carboxylic acids is 1. The molecule has 3 rings (SSSR count). The average Bonchev–Trinajstić information content (AvgIpc) is 3.03. The summed E-state index contributed by atoms with van der Waals surface area (Å²) in [7, 11) is 0. The molecule has 2 aromatic carbocycles. The Hall–Kier alpha value is -2.60. The monoisotopic (exact) mass is 330 g/mol. The molecular formula is C18H19FN2O3. The molecule has 0 spiro atoms. The molecule has 0 saturated carbocycles. The number of amides is 2. The molecule has 1 saturated heterocycles. The van der Waals surface area contributed by atoms with Crippen molar-refractivity contribution < 1.29 is 19.0 Å². The van der Waals surface area contributed by atoms with Gasteiger partial charge in [0.25, 0.3) is 0 Å². The Morgan fingerprint density at radius 1 is 1.25 bits per heavy atom. The van der Waals surface area contributed by atoms with Gasteiger partial charge in [0.15, 0.2) is 5.82 Å². The Kier molecular flexibility index (Phi) is 4.96. The van der Waals surface area contributed by atoms with Crippen molar-refractivity contribution in [3.8, 4) is 5.75 Å². The van der Waals surface area contributed by atoms with Crippen LogP contribution >= 0.6 is 0 Å². The van der Waals surface area contributed by atoms with Crippen LogP contribution < -0.4 is 10.1 Å². The van der Waals surface area contributed by atoms with Gasteiger partial charge in [0, 0.05) is 13.1 Å². The second-order valence-electron chi connectivity index (χ2n) is 5.71. The van der Waals surface area contributed by atoms with Gasteiger partial charge in [0.05, 0.1) is 6.10 Å². The number of hydrogen-bond donors (Lipinski definition) is 2. The number of aliphatic hydroxyl groups is 1. The summed E-state index contributed by atoms with van der Waals surface area (Å²) in [5, 5.41) is 12.1. The van der Waals surface area contributed by atoms with Gasteiger partial charge in [-0.05, 0) is 24.1 Å². The molecule has 1 aliphatic rings. The fourth-order valence-electron chi connectivity index (χ4n) is 2.59. The maximum atomic E-state index is 14.1. The van der Waals surface area contributed by atoms with E-state index in [0.29, 0.717) is 13.0 Å². The molecule has 1 heterocycles. The van der Waals surface area contributed by atoms with E-state index in [2.05, 4.69) is 5.32 Å². The summed E-state index contributed by atoms with van der Waals surface area (Å²) in [6.07, 6.45) is 0.00683. The lowest BCUT2D eigenvalue weighted by Gasteiger charge is -2.18. The number of nitrogens with one attached hydrogen (secondary N) is 1. The van der Waals surface area contributed by atoms with Crippen molar-refractivity contribution in [2.45, 2.75) is 19.1 Å². The SMILES string of the molecule is O=C(Nc1c(F)cccc1OCc1ccccc1)N1CC[C@H](O)C1. The highest BCUT2D eigenvalue weighted by Gasteiger charge is 2.25. The second kappa shape index (κ2) is 7.31. The van der Waals surface area contributed by atoms with Crippen molar-refractivity contribution in [1.82, 2.24) is 4.90 Å². The Labute approximate surface area is 139 Å². The minimum atomic E-state index is -0.561. The number of carbonyl (C=O) groups is 1. The van der Waals surface area contributed by atoms with Crippen molar-refractivity contribution >= 4 is 11.7 Å². The first-order valence-electron chi connectivity index (χ1n) is 7.82. The molecule has 126 valence electrons. The topological polar surface area (TPSA) is 61.8 Å². The van der Waals surface area contributed by atoms with Gasteiger partial charge in [0.2, 0.25) is 0 Å². The van der Waals surface area contributed by atoms with Gasteiger partial charge >= 0.3 is 6.03 Å². The summed E-state index contributed by atoms with van der Waals surface area (Å²) < 4.78 is 19.8. The van der Waals surface area contributed by atoms with E-state index in [4.69, 9.17) is 4.74 Å². The third-order valence-electron chi connectivity index (χ3n) is 3.90. The number of aliphatic hydroxyl groups excluding tert-OH is 1. The number of likely N-dealkylation sites (tertiary alicyclic amines) is 1. The molecule has 2 amide bonds. The van der Waals surface area contributed by atoms with E-state index >= 15 is 0 Å². The number of urea groups is 1. The van der Waals surface area contributed by atoms with Crippen LogP contribution in [0.5, 0.6) is 5.75 Å². The van der Waals surface area contributed by atoms with Crippen LogP contribution in [0, 0.1) is 5.82 Å². The number of β-amino-alcohol motifs (C(OH)–C–C–N with tert-alkyl or cyclic N) is 1. The van der Waals surface area contributed by atoms with Crippen LogP contribution in [0.2, 0.25) is 0 Å². The van der Waals surface area contributed by atoms with E-state index in [9.17, 15) is 14.3 Å². The Bertz CT molecular complexity index is 709. The molecule has 1 atom stereocenters. The smallest absolute Gasteiger partial charge is 0.322 e. The number of para-hydroxylation sites is 1. The van der Waals surface area contributed by atoms with Gasteiger partial charge in [-0.1, -0.05) is 36.4 Å². The number of anilines is 1. The molecule has 24 heavy (non-hydrogen) atoms. The summed E-state index contributed by atoms with van der Waals surface area (Å²) in [5.74, 6) is -0.291. The van der Waals surface area contributed by atoms with Gasteiger partial charge in [-0.2, -0.15) is 0 Å². The highest BCUT2D eigenvalue weighted by Crippen LogP contribution is 2.29. The average molecular weight is 330 g/mol. The zero-order valence-corrected chi connectivity index (χ0v) is 13.1. The van der Waals surface area contributed by atoms with Crippen LogP contribution in [-0.4, -0.2) is 35.2 Å². The summed E-state index contributed by atoms with van der Waals surface area (Å²) in [5.41, 5.74) is 0.960. The van der Waals surface area contributed by atoms with Gasteiger partial charge in [-0.3, -0.25) is 0 Å². The van der Waals surface area contributed by atoms with Crippen LogP contribution in [0.4, 0.5) is 14.9 Å². The number of nitrogens with zero attached hydrogens (tertiary/aromatic N) is 1. The Morgan fingerprint density at radius 3 is 2.75 bits per heavy atom. The van der Waals surface area contributed by atoms with E-state index in [-0.39, 0.29) is 24.6 Å². The van der Waals surface area contributed by atoms with E-state index in [0.717, 1.165) is 5.56 Å². The normalized spacial score (nSPS) is 16.9. The van der Waals surface area contributed by atoms with Gasteiger partial charge in [0.1, 0.15) is 18.0 Å². The Balaban J connectivity index is 1.71. The molecule has 0 aromatic heterocycles. The molecule has 0 radical (unpaired) electrons. The quantitative estimate of drug-likeness (QED) is 0.906. The zero-order chi connectivity index (χ0) is 16.9. The minimum Gasteiger partial charge on any atom is -0.487 e. The van der Waals surface area contributed by atoms with E-state index in [1.807, 2.05) is 30.3 Å². The minimum absolute atomic E-state index is 0.0137. The maximum absolute atomic E-state index is 14.1. The van der Waals surface area contributed by atoms with E-state index in [1.54, 1.807) is 6.07 Å². The molecule has 1 fully saturated rings. The third kappa shape index (κ3) is 3.83. The highest BCUT2D eigenvalue weighted by molar-refractivity contribution is 5.91. The number of ether oxygens (including phenoxy) is 1. The highest BCUT2D eigenvalue weighted by atomic mass is 19.1. The molecule has 0 aliphatic carbocycles. The number of benzene rings is 2. The van der Waals surface area contributed by atoms with Crippen LogP contribution in [0.1, 0.15) is 12.0 Å². The summed E-state index contributed by atoms with van der Waals surface area (Å²) in [6, 6.07) is 13.5. The lowest BCUT2D eigenvalue weighted by molar-refractivity contribution is 0.176. The predicted octanol–water partition coefficient (Wildman–Crippen LogP) is 3.00. The van der Waals surface area contributed by atoms with Crippen LogP contribution in [0.15, 0.2) is 48.5 Å². The third-order valence-corrected chi connectivity index (χ3v) is 3.90. The van der Waals surface area contributed by atoms with E-state index < -0.39 is 18.0 Å². The van der Waals surface area contributed by atoms with Gasteiger partial charge in [-0.15, -0.1) is 0 Å². The first-order chi connectivity index (χ1) is 11.6. The lowest BCUT2D eigenvalue weighted by Crippen LogP contribution is -2.34. The molecular weight excluding hydrogens is 311 g/mol. The first-order valence-corrected chi connectivity index (χ1v) is 7.82. The molecule has 1 aliphatic heterocycles. The molecule has 0 bridgehead atoms. The number of hydrogen-bond acceptors (Lipinski definition) is 3. The fourth-order valence-corrected chi connectivity index (χ4v) is 2.59. The van der Waals surface area contributed by atoms with Gasteiger partial charge < -0.3 is 20.1 Å². The van der Waals surface area contributed by atoms with Gasteiger partial charge in [-0.25, -0.2) is 9.18 Å². The first kappa shape index (κ1) is 16.3. The number of rotatable bonds is 4. The number of halogens is 1. The van der Waals surface area contributed by atoms with Crippen LogP contribution in [0.3, 0.4) is 0 Å². The standard InChI is InChI=1S/C18H19FN2O3/c19-15-7-4-8-16(24-12-13-5-2-1-3-6-13)17(15)20-18(23)21-10-9-14(22)11-21/h1-8,14,22H,9-12H2,(H,20,23)/t14-/m0/s1. The lowest BCUT2D eigenvalue weighted by atomic mass is 10.2. The summed E-state index contributed by atoms with van der Waals surface area (Å²) >= 11 is 0. The van der Waals surface area contributed by atoms with Crippen molar-refractivity contribution in [2.75, 3.05) is 18.4 Å². The summed E-state index contributed by atoms with van der Waals surface area (Å²) in [6.45, 7) is 0.970. The second-order valence-corrected chi connectivity index (χ2v) is 5.71. The molecule has 2 aromatic rings. The van der Waals surface area contributed by atoms with Crippen molar-refractivity contribution in [1.29, 1.82) is 0 Å². The molecule has 6 heteroatoms. The van der Waals surface area contributed by atoms with Crippen molar-refractivity contribution in [2.24, 2.45) is 0 Å².